The Kier molecular flexibility index (Phi) is 5.90. The predicted molar refractivity (Wildman–Crippen MR) is 64.4 cm³/mol. The van der Waals surface area contributed by atoms with Crippen LogP contribution in [0.4, 0.5) is 13.2 Å². The lowest BCUT2D eigenvalue weighted by molar-refractivity contribution is -0.175. The molecule has 0 spiro atoms. The van der Waals surface area contributed by atoms with Crippen LogP contribution in [0.1, 0.15) is 5.56 Å². The summed E-state index contributed by atoms with van der Waals surface area (Å²) in [5, 5.41) is 0. The van der Waals surface area contributed by atoms with Crippen LogP contribution in [-0.4, -0.2) is 26.0 Å². The lowest BCUT2D eigenvalue weighted by atomic mass is 10.2. The third kappa shape index (κ3) is 5.70. The van der Waals surface area contributed by atoms with Crippen LogP contribution in [0.5, 0.6) is 5.75 Å². The van der Waals surface area contributed by atoms with Gasteiger partial charge in [0.2, 0.25) is 0 Å². The Labute approximate surface area is 111 Å². The van der Waals surface area contributed by atoms with Crippen LogP contribution >= 0.6 is 15.9 Å². The molecule has 0 saturated heterocycles. The number of rotatable bonds is 6. The van der Waals surface area contributed by atoms with Gasteiger partial charge in [0.05, 0.1) is 6.61 Å². The molecule has 0 aromatic heterocycles. The summed E-state index contributed by atoms with van der Waals surface area (Å²) < 4.78 is 45.8. The molecule has 0 heterocycles. The molecule has 18 heavy (non-hydrogen) atoms. The second-order valence-electron chi connectivity index (χ2n) is 3.47. The Bertz CT molecular complexity index is 385. The van der Waals surface area contributed by atoms with Gasteiger partial charge in [-0.05, 0) is 23.8 Å². The van der Waals surface area contributed by atoms with Gasteiger partial charge < -0.3 is 15.2 Å². The fraction of sp³-hybridized carbons (Fsp3) is 0.455. The minimum absolute atomic E-state index is 0.0573. The maximum atomic E-state index is 11.8. The van der Waals surface area contributed by atoms with Crippen molar-refractivity contribution in [2.75, 3.05) is 19.8 Å². The smallest absolute Gasteiger partial charge is 0.411 e. The highest BCUT2D eigenvalue weighted by Gasteiger charge is 2.27. The first-order chi connectivity index (χ1) is 8.42. The lowest BCUT2D eigenvalue weighted by Crippen LogP contribution is -2.19. The molecule has 0 fully saturated rings. The minimum Gasteiger partial charge on any atom is -0.491 e. The monoisotopic (exact) mass is 327 g/mol. The minimum atomic E-state index is -4.30. The molecule has 1 aromatic rings. The van der Waals surface area contributed by atoms with Crippen molar-refractivity contribution in [3.05, 3.63) is 28.2 Å². The van der Waals surface area contributed by atoms with Gasteiger partial charge in [-0.1, -0.05) is 15.9 Å². The van der Waals surface area contributed by atoms with E-state index in [0.717, 1.165) is 10.0 Å². The van der Waals surface area contributed by atoms with E-state index in [2.05, 4.69) is 20.7 Å². The first kappa shape index (κ1) is 15.3. The van der Waals surface area contributed by atoms with Crippen molar-refractivity contribution >= 4 is 15.9 Å². The van der Waals surface area contributed by atoms with E-state index in [0.29, 0.717) is 12.3 Å². The van der Waals surface area contributed by atoms with Crippen LogP contribution in [0.25, 0.3) is 0 Å². The first-order valence-corrected chi connectivity index (χ1v) is 5.97. The summed E-state index contributed by atoms with van der Waals surface area (Å²) in [4.78, 5) is 0. The van der Waals surface area contributed by atoms with Gasteiger partial charge in [0, 0.05) is 11.0 Å². The Morgan fingerprint density at radius 2 is 1.94 bits per heavy atom. The van der Waals surface area contributed by atoms with Crippen LogP contribution in [-0.2, 0) is 11.3 Å². The SMILES string of the molecule is NCc1cc(OCCOCC(F)(F)F)ccc1Br. The molecule has 1 aromatic carbocycles. The third-order valence-electron chi connectivity index (χ3n) is 2.00. The standard InChI is InChI=1S/C11H13BrF3NO2/c12-10-2-1-9(5-8(10)6-16)18-4-3-17-7-11(13,14)15/h1-2,5H,3-4,6-7,16H2. The zero-order valence-electron chi connectivity index (χ0n) is 9.47. The fourth-order valence-electron chi connectivity index (χ4n) is 1.20. The van der Waals surface area contributed by atoms with Gasteiger partial charge in [-0.2, -0.15) is 13.2 Å². The first-order valence-electron chi connectivity index (χ1n) is 5.18. The molecule has 102 valence electrons. The Morgan fingerprint density at radius 1 is 1.22 bits per heavy atom. The van der Waals surface area contributed by atoms with E-state index in [1.807, 2.05) is 0 Å². The van der Waals surface area contributed by atoms with Crippen LogP contribution in [0.3, 0.4) is 0 Å². The molecule has 2 N–H and O–H groups in total. The molecule has 0 unspecified atom stereocenters. The molecule has 3 nitrogen and oxygen atoms in total. The average molecular weight is 328 g/mol. The van der Waals surface area contributed by atoms with Gasteiger partial charge in [0.25, 0.3) is 0 Å². The second-order valence-corrected chi connectivity index (χ2v) is 4.33. The van der Waals surface area contributed by atoms with Gasteiger partial charge in [-0.3, -0.25) is 0 Å². The largest absolute Gasteiger partial charge is 0.491 e. The highest BCUT2D eigenvalue weighted by molar-refractivity contribution is 9.10. The van der Waals surface area contributed by atoms with Crippen molar-refractivity contribution in [2.45, 2.75) is 12.7 Å². The number of halogens is 4. The molecule has 0 aliphatic carbocycles. The van der Waals surface area contributed by atoms with Crippen molar-refractivity contribution < 1.29 is 22.6 Å². The molecule has 1 rings (SSSR count). The summed E-state index contributed by atoms with van der Waals surface area (Å²) in [5.74, 6) is 0.550. The zero-order chi connectivity index (χ0) is 13.6. The van der Waals surface area contributed by atoms with E-state index in [1.54, 1.807) is 18.2 Å². The normalized spacial score (nSPS) is 11.6. The summed E-state index contributed by atoms with van der Waals surface area (Å²) in [6.07, 6.45) is -4.30. The molecule has 0 radical (unpaired) electrons. The molecule has 0 atom stereocenters. The van der Waals surface area contributed by atoms with E-state index in [1.165, 1.54) is 0 Å². The molecular formula is C11H13BrF3NO2. The molecule has 7 heteroatoms. The van der Waals surface area contributed by atoms with E-state index >= 15 is 0 Å². The molecule has 0 saturated carbocycles. The van der Waals surface area contributed by atoms with Crippen LogP contribution in [0.2, 0.25) is 0 Å². The Balaban J connectivity index is 2.31. The lowest BCUT2D eigenvalue weighted by Gasteiger charge is -2.10. The molecule has 0 amide bonds. The van der Waals surface area contributed by atoms with Gasteiger partial charge in [-0.15, -0.1) is 0 Å². The molecule has 0 aliphatic rings. The van der Waals surface area contributed by atoms with E-state index in [9.17, 15) is 13.2 Å². The summed E-state index contributed by atoms with van der Waals surface area (Å²) in [6.45, 7) is -0.970. The van der Waals surface area contributed by atoms with Gasteiger partial charge >= 0.3 is 6.18 Å². The predicted octanol–water partition coefficient (Wildman–Crippen LogP) is 2.87. The summed E-state index contributed by atoms with van der Waals surface area (Å²) in [7, 11) is 0. The Morgan fingerprint density at radius 3 is 2.56 bits per heavy atom. The third-order valence-corrected chi connectivity index (χ3v) is 2.77. The second kappa shape index (κ2) is 6.96. The number of hydrogen-bond donors (Lipinski definition) is 1. The van der Waals surface area contributed by atoms with Crippen LogP contribution in [0, 0.1) is 0 Å². The topological polar surface area (TPSA) is 44.5 Å². The molecular weight excluding hydrogens is 315 g/mol. The summed E-state index contributed by atoms with van der Waals surface area (Å²) >= 11 is 3.32. The van der Waals surface area contributed by atoms with Crippen molar-refractivity contribution in [3.63, 3.8) is 0 Å². The summed E-state index contributed by atoms with van der Waals surface area (Å²) in [5.41, 5.74) is 6.37. The number of alkyl halides is 3. The van der Waals surface area contributed by atoms with Gasteiger partial charge in [0.1, 0.15) is 19.0 Å². The van der Waals surface area contributed by atoms with Gasteiger partial charge in [-0.25, -0.2) is 0 Å². The quantitative estimate of drug-likeness (QED) is 0.817. The van der Waals surface area contributed by atoms with Crippen molar-refractivity contribution in [1.29, 1.82) is 0 Å². The van der Waals surface area contributed by atoms with Crippen molar-refractivity contribution in [2.24, 2.45) is 5.73 Å². The van der Waals surface area contributed by atoms with Crippen LogP contribution < -0.4 is 10.5 Å². The van der Waals surface area contributed by atoms with E-state index in [4.69, 9.17) is 10.5 Å². The molecule has 0 aliphatic heterocycles. The Hall–Kier alpha value is -0.790. The number of nitrogens with two attached hydrogens (primary N) is 1. The van der Waals surface area contributed by atoms with E-state index < -0.39 is 12.8 Å². The number of ether oxygens (including phenoxy) is 2. The molecule has 0 bridgehead atoms. The number of hydrogen-bond acceptors (Lipinski definition) is 3. The van der Waals surface area contributed by atoms with Crippen molar-refractivity contribution in [1.82, 2.24) is 0 Å². The fourth-order valence-corrected chi connectivity index (χ4v) is 1.61. The average Bonchev–Trinajstić information content (AvgIpc) is 2.29. The number of benzene rings is 1. The highest BCUT2D eigenvalue weighted by atomic mass is 79.9. The summed E-state index contributed by atoms with van der Waals surface area (Å²) in [6, 6.07) is 5.20. The maximum Gasteiger partial charge on any atom is 0.411 e. The van der Waals surface area contributed by atoms with Gasteiger partial charge in [0.15, 0.2) is 0 Å². The highest BCUT2D eigenvalue weighted by Crippen LogP contribution is 2.22. The zero-order valence-corrected chi connectivity index (χ0v) is 11.1. The van der Waals surface area contributed by atoms with E-state index in [-0.39, 0.29) is 13.2 Å². The van der Waals surface area contributed by atoms with Crippen molar-refractivity contribution in [3.8, 4) is 5.75 Å². The van der Waals surface area contributed by atoms with Crippen LogP contribution in [0.15, 0.2) is 22.7 Å². The maximum absolute atomic E-state index is 11.8.